The van der Waals surface area contributed by atoms with Crippen LogP contribution in [0.2, 0.25) is 0 Å². The predicted octanol–water partition coefficient (Wildman–Crippen LogP) is 2.07. The molecule has 1 aromatic heterocycles. The van der Waals surface area contributed by atoms with Crippen molar-refractivity contribution in [1.82, 2.24) is 9.78 Å². The fourth-order valence-electron chi connectivity index (χ4n) is 1.35. The lowest BCUT2D eigenvalue weighted by molar-refractivity contribution is 0.0988. The Balaban J connectivity index is 2.62. The second-order valence-electron chi connectivity index (χ2n) is 3.62. The van der Waals surface area contributed by atoms with E-state index in [1.807, 2.05) is 17.8 Å². The van der Waals surface area contributed by atoms with E-state index in [0.717, 1.165) is 6.42 Å². The van der Waals surface area contributed by atoms with E-state index >= 15 is 0 Å². The molecule has 0 saturated heterocycles. The zero-order valence-corrected chi connectivity index (χ0v) is 9.56. The number of nitrogens with zero attached hydrogens (tertiary/aromatic N) is 2. The summed E-state index contributed by atoms with van der Waals surface area (Å²) in [4.78, 5) is 11.4. The van der Waals surface area contributed by atoms with Crippen LogP contribution in [0.15, 0.2) is 12.4 Å². The van der Waals surface area contributed by atoms with E-state index in [2.05, 4.69) is 12.0 Å². The van der Waals surface area contributed by atoms with E-state index in [-0.39, 0.29) is 11.8 Å². The van der Waals surface area contributed by atoms with Gasteiger partial charge in [0.25, 0.3) is 0 Å². The zero-order valence-electron chi connectivity index (χ0n) is 9.56. The summed E-state index contributed by atoms with van der Waals surface area (Å²) in [6.07, 6.45) is 4.87. The molecule has 15 heavy (non-hydrogen) atoms. The summed E-state index contributed by atoms with van der Waals surface area (Å²) in [6, 6.07) is 0.267. The first-order valence-corrected chi connectivity index (χ1v) is 5.25. The highest BCUT2D eigenvalue weighted by atomic mass is 16.5. The molecular weight excluding hydrogens is 192 g/mol. The summed E-state index contributed by atoms with van der Waals surface area (Å²) in [5.74, 6) is 0.139. The molecule has 1 rings (SSSR count). The van der Waals surface area contributed by atoms with Gasteiger partial charge in [-0.15, -0.1) is 0 Å². The lowest BCUT2D eigenvalue weighted by atomic mass is 10.2. The first kappa shape index (κ1) is 11.9. The summed E-state index contributed by atoms with van der Waals surface area (Å²) in [5.41, 5.74) is 0.696. The molecule has 0 saturated carbocycles. The molecule has 0 spiro atoms. The maximum Gasteiger partial charge on any atom is 0.165 e. The van der Waals surface area contributed by atoms with Crippen molar-refractivity contribution in [3.05, 3.63) is 18.0 Å². The van der Waals surface area contributed by atoms with Gasteiger partial charge in [0.2, 0.25) is 0 Å². The van der Waals surface area contributed by atoms with Gasteiger partial charge >= 0.3 is 0 Å². The SMILES string of the molecule is CCC(=O)c1cnn(C(C)CCOC)c1. The minimum atomic E-state index is 0.139. The Labute approximate surface area is 90.2 Å². The van der Waals surface area contributed by atoms with Gasteiger partial charge < -0.3 is 4.74 Å². The fourth-order valence-corrected chi connectivity index (χ4v) is 1.35. The maximum absolute atomic E-state index is 11.4. The van der Waals surface area contributed by atoms with Crippen molar-refractivity contribution in [3.63, 3.8) is 0 Å². The number of methoxy groups -OCH3 is 1. The summed E-state index contributed by atoms with van der Waals surface area (Å²) in [7, 11) is 1.68. The minimum Gasteiger partial charge on any atom is -0.385 e. The van der Waals surface area contributed by atoms with E-state index in [9.17, 15) is 4.79 Å². The average Bonchev–Trinajstić information content (AvgIpc) is 2.74. The number of carbonyl (C=O) groups excluding carboxylic acids is 1. The Hall–Kier alpha value is -1.16. The summed E-state index contributed by atoms with van der Waals surface area (Å²) in [5, 5.41) is 4.18. The Morgan fingerprint density at radius 3 is 3.00 bits per heavy atom. The third-order valence-electron chi connectivity index (χ3n) is 2.44. The second-order valence-corrected chi connectivity index (χ2v) is 3.62. The smallest absolute Gasteiger partial charge is 0.165 e. The lowest BCUT2D eigenvalue weighted by Gasteiger charge is -2.10. The van der Waals surface area contributed by atoms with Crippen molar-refractivity contribution in [2.24, 2.45) is 0 Å². The van der Waals surface area contributed by atoms with Gasteiger partial charge in [0.05, 0.1) is 17.8 Å². The van der Waals surface area contributed by atoms with Gasteiger partial charge in [-0.3, -0.25) is 9.48 Å². The number of Topliss-reactive ketones (excluding diaryl/α,β-unsaturated/α-hetero) is 1. The molecule has 0 amide bonds. The van der Waals surface area contributed by atoms with E-state index in [1.165, 1.54) is 0 Å². The van der Waals surface area contributed by atoms with Crippen LogP contribution in [0.5, 0.6) is 0 Å². The van der Waals surface area contributed by atoms with Crippen LogP contribution in [0.25, 0.3) is 0 Å². The predicted molar refractivity (Wildman–Crippen MR) is 58.1 cm³/mol. The Bertz CT molecular complexity index is 320. The van der Waals surface area contributed by atoms with Crippen molar-refractivity contribution < 1.29 is 9.53 Å². The molecule has 0 bridgehead atoms. The van der Waals surface area contributed by atoms with Gasteiger partial charge in [-0.25, -0.2) is 0 Å². The molecule has 0 N–H and O–H groups in total. The Kier molecular flexibility index (Phi) is 4.49. The Morgan fingerprint density at radius 1 is 1.67 bits per heavy atom. The van der Waals surface area contributed by atoms with Gasteiger partial charge in [-0.2, -0.15) is 5.10 Å². The molecule has 84 valence electrons. The monoisotopic (exact) mass is 210 g/mol. The molecule has 1 atom stereocenters. The van der Waals surface area contributed by atoms with Gasteiger partial charge in [0, 0.05) is 26.3 Å². The van der Waals surface area contributed by atoms with Crippen LogP contribution in [-0.4, -0.2) is 29.3 Å². The highest BCUT2D eigenvalue weighted by molar-refractivity contribution is 5.95. The average molecular weight is 210 g/mol. The lowest BCUT2D eigenvalue weighted by Crippen LogP contribution is -2.08. The first-order valence-electron chi connectivity index (χ1n) is 5.25. The number of hydrogen-bond acceptors (Lipinski definition) is 3. The van der Waals surface area contributed by atoms with Crippen LogP contribution >= 0.6 is 0 Å². The highest BCUT2D eigenvalue weighted by Crippen LogP contribution is 2.11. The summed E-state index contributed by atoms with van der Waals surface area (Å²) < 4.78 is 6.82. The molecule has 1 heterocycles. The van der Waals surface area contributed by atoms with Gasteiger partial charge in [-0.1, -0.05) is 6.92 Å². The van der Waals surface area contributed by atoms with Gasteiger partial charge in [-0.05, 0) is 13.3 Å². The summed E-state index contributed by atoms with van der Waals surface area (Å²) >= 11 is 0. The normalized spacial score (nSPS) is 12.7. The molecule has 0 radical (unpaired) electrons. The van der Waals surface area contributed by atoms with Crippen LogP contribution < -0.4 is 0 Å². The van der Waals surface area contributed by atoms with E-state index < -0.39 is 0 Å². The molecule has 1 unspecified atom stereocenters. The van der Waals surface area contributed by atoms with Crippen molar-refractivity contribution in [2.45, 2.75) is 32.7 Å². The Morgan fingerprint density at radius 2 is 2.40 bits per heavy atom. The quantitative estimate of drug-likeness (QED) is 0.675. The number of hydrogen-bond donors (Lipinski definition) is 0. The van der Waals surface area contributed by atoms with Crippen LogP contribution in [0.3, 0.4) is 0 Å². The van der Waals surface area contributed by atoms with Crippen molar-refractivity contribution >= 4 is 5.78 Å². The van der Waals surface area contributed by atoms with Crippen LogP contribution in [0, 0.1) is 0 Å². The molecule has 0 aliphatic rings. The largest absolute Gasteiger partial charge is 0.385 e. The molecule has 4 nitrogen and oxygen atoms in total. The van der Waals surface area contributed by atoms with Crippen molar-refractivity contribution in [2.75, 3.05) is 13.7 Å². The number of carbonyl (C=O) groups is 1. The third-order valence-corrected chi connectivity index (χ3v) is 2.44. The van der Waals surface area contributed by atoms with Crippen molar-refractivity contribution in [3.8, 4) is 0 Å². The first-order chi connectivity index (χ1) is 7.19. The van der Waals surface area contributed by atoms with Gasteiger partial charge in [0.1, 0.15) is 0 Å². The molecule has 1 aromatic rings. The highest BCUT2D eigenvalue weighted by Gasteiger charge is 2.09. The molecular formula is C11H18N2O2. The van der Waals surface area contributed by atoms with Crippen molar-refractivity contribution in [1.29, 1.82) is 0 Å². The third kappa shape index (κ3) is 3.16. The maximum atomic E-state index is 11.4. The fraction of sp³-hybridized carbons (Fsp3) is 0.636. The molecule has 0 aromatic carbocycles. The molecule has 0 aliphatic carbocycles. The van der Waals surface area contributed by atoms with E-state index in [1.54, 1.807) is 13.3 Å². The standard InChI is InChI=1S/C11H18N2O2/c1-4-11(14)10-7-12-13(8-10)9(2)5-6-15-3/h7-9H,4-6H2,1-3H3. The molecule has 0 fully saturated rings. The number of aromatic nitrogens is 2. The number of ether oxygens (including phenoxy) is 1. The molecule has 4 heteroatoms. The number of rotatable bonds is 6. The molecule has 0 aliphatic heterocycles. The summed E-state index contributed by atoms with van der Waals surface area (Å²) in [6.45, 7) is 4.62. The minimum absolute atomic E-state index is 0.139. The topological polar surface area (TPSA) is 44.1 Å². The number of ketones is 1. The van der Waals surface area contributed by atoms with E-state index in [4.69, 9.17) is 4.74 Å². The van der Waals surface area contributed by atoms with Crippen LogP contribution in [0.4, 0.5) is 0 Å². The second kappa shape index (κ2) is 5.66. The zero-order chi connectivity index (χ0) is 11.3. The van der Waals surface area contributed by atoms with Gasteiger partial charge in [0.15, 0.2) is 5.78 Å². The van der Waals surface area contributed by atoms with E-state index in [0.29, 0.717) is 18.6 Å². The van der Waals surface area contributed by atoms with Crippen LogP contribution in [0.1, 0.15) is 43.1 Å². The van der Waals surface area contributed by atoms with Crippen LogP contribution in [-0.2, 0) is 4.74 Å².